The van der Waals surface area contributed by atoms with Gasteiger partial charge in [-0.05, 0) is 75.4 Å². The highest BCUT2D eigenvalue weighted by Crippen LogP contribution is 2.47. The predicted octanol–water partition coefficient (Wildman–Crippen LogP) is 5.36. The molecule has 0 radical (unpaired) electrons. The minimum Gasteiger partial charge on any atom is -0.493 e. The van der Waals surface area contributed by atoms with E-state index in [1.165, 1.54) is 6.92 Å². The van der Waals surface area contributed by atoms with E-state index in [0.29, 0.717) is 52.7 Å². The molecular weight excluding hydrogens is 566 g/mol. The number of carbonyl (C=O) groups is 3. The maximum Gasteiger partial charge on any atom is 0.336 e. The Labute approximate surface area is 258 Å². The number of hydrogen-bond donors (Lipinski definition) is 1. The lowest BCUT2D eigenvalue weighted by molar-refractivity contribution is -0.141. The van der Waals surface area contributed by atoms with Gasteiger partial charge in [0.25, 0.3) is 0 Å². The van der Waals surface area contributed by atoms with Crippen LogP contribution in [-0.4, -0.2) is 57.9 Å². The van der Waals surface area contributed by atoms with Crippen molar-refractivity contribution in [2.75, 3.05) is 34.0 Å². The van der Waals surface area contributed by atoms with E-state index >= 15 is 0 Å². The number of allylic oxidation sites excluding steroid dienone is 3. The van der Waals surface area contributed by atoms with E-state index in [1.807, 2.05) is 39.0 Å². The van der Waals surface area contributed by atoms with Crippen LogP contribution in [0, 0.1) is 0 Å². The van der Waals surface area contributed by atoms with Crippen molar-refractivity contribution in [3.8, 4) is 23.0 Å². The van der Waals surface area contributed by atoms with E-state index < -0.39 is 17.9 Å². The van der Waals surface area contributed by atoms with Gasteiger partial charge in [-0.25, -0.2) is 4.79 Å². The number of ketones is 1. The van der Waals surface area contributed by atoms with Crippen molar-refractivity contribution in [2.45, 2.75) is 65.4 Å². The third kappa shape index (κ3) is 7.24. The Hall–Kier alpha value is -4.31. The van der Waals surface area contributed by atoms with Crippen LogP contribution in [0.15, 0.2) is 58.9 Å². The van der Waals surface area contributed by atoms with Gasteiger partial charge in [-0.15, -0.1) is 0 Å². The van der Waals surface area contributed by atoms with Crippen LogP contribution in [0.1, 0.15) is 70.4 Å². The zero-order valence-electron chi connectivity index (χ0n) is 26.4. The normalized spacial score (nSPS) is 18.0. The predicted molar refractivity (Wildman–Crippen MR) is 163 cm³/mol. The standard InChI is InChI=1S/C34H41NO9/c1-8-41-30-18-23(10-12-28(30)44-21(5)36)32-31(34(38)43-14-13-42-19(2)3)20(4)35-25-15-24(16-26(37)33(25)32)22-9-11-27(39-6)29(17-22)40-7/h9-12,17-19,24,32,35H,8,13-16H2,1-7H3/t24-,32-/m0/s1. The summed E-state index contributed by atoms with van der Waals surface area (Å²) >= 11 is 0. The molecule has 2 aromatic carbocycles. The summed E-state index contributed by atoms with van der Waals surface area (Å²) in [7, 11) is 3.16. The average Bonchev–Trinajstić information content (AvgIpc) is 2.98. The fourth-order valence-corrected chi connectivity index (χ4v) is 5.69. The SMILES string of the molecule is CCOc1cc([C@H]2C(C(=O)OCCOC(C)C)=C(C)NC3=C2C(=O)C[C@@H](c2ccc(OC)c(OC)c2)C3)ccc1OC(C)=O. The Morgan fingerprint density at radius 2 is 1.61 bits per heavy atom. The molecule has 0 aromatic heterocycles. The molecule has 10 nitrogen and oxygen atoms in total. The number of dihydropyridines is 1. The van der Waals surface area contributed by atoms with Crippen molar-refractivity contribution >= 4 is 17.7 Å². The Morgan fingerprint density at radius 3 is 2.27 bits per heavy atom. The minimum atomic E-state index is -0.728. The number of carbonyl (C=O) groups excluding carboxylic acids is 3. The first-order chi connectivity index (χ1) is 21.1. The minimum absolute atomic E-state index is 0.00217. The lowest BCUT2D eigenvalue weighted by Gasteiger charge is -2.37. The summed E-state index contributed by atoms with van der Waals surface area (Å²) in [6, 6.07) is 10.8. The van der Waals surface area contributed by atoms with Crippen molar-refractivity contribution in [1.82, 2.24) is 5.32 Å². The molecule has 44 heavy (non-hydrogen) atoms. The molecule has 0 unspecified atom stereocenters. The number of ether oxygens (including phenoxy) is 6. The van der Waals surface area contributed by atoms with Crippen molar-refractivity contribution in [3.05, 3.63) is 70.1 Å². The van der Waals surface area contributed by atoms with Crippen molar-refractivity contribution in [3.63, 3.8) is 0 Å². The van der Waals surface area contributed by atoms with Gasteiger partial charge in [0.05, 0.1) is 39.1 Å². The highest BCUT2D eigenvalue weighted by atomic mass is 16.6. The summed E-state index contributed by atoms with van der Waals surface area (Å²) in [5.41, 5.74) is 3.74. The first-order valence-corrected chi connectivity index (χ1v) is 14.8. The zero-order chi connectivity index (χ0) is 32.0. The molecule has 0 fully saturated rings. The second-order valence-electron chi connectivity index (χ2n) is 10.9. The van der Waals surface area contributed by atoms with Crippen LogP contribution in [-0.2, 0) is 23.9 Å². The molecule has 0 saturated carbocycles. The molecule has 2 atom stereocenters. The summed E-state index contributed by atoms with van der Waals surface area (Å²) in [5.74, 6) is -0.181. The van der Waals surface area contributed by atoms with Crippen LogP contribution >= 0.6 is 0 Å². The van der Waals surface area contributed by atoms with Crippen LogP contribution in [0.2, 0.25) is 0 Å². The van der Waals surface area contributed by atoms with Crippen LogP contribution in [0.3, 0.4) is 0 Å². The lowest BCUT2D eigenvalue weighted by Crippen LogP contribution is -2.36. The van der Waals surface area contributed by atoms with E-state index in [1.54, 1.807) is 39.3 Å². The molecule has 10 heteroatoms. The molecule has 0 saturated heterocycles. The smallest absolute Gasteiger partial charge is 0.336 e. The third-order valence-corrected chi connectivity index (χ3v) is 7.55. The van der Waals surface area contributed by atoms with E-state index in [0.717, 1.165) is 11.3 Å². The molecule has 0 spiro atoms. The van der Waals surface area contributed by atoms with Gasteiger partial charge in [0.15, 0.2) is 28.8 Å². The van der Waals surface area contributed by atoms with Crippen LogP contribution in [0.5, 0.6) is 23.0 Å². The van der Waals surface area contributed by atoms with E-state index in [2.05, 4.69) is 5.32 Å². The number of Topliss-reactive ketones (excluding diaryl/α,β-unsaturated/α-hetero) is 1. The summed E-state index contributed by atoms with van der Waals surface area (Å²) in [6.07, 6.45) is 0.774. The second kappa shape index (κ2) is 14.4. The Kier molecular flexibility index (Phi) is 10.7. The monoisotopic (exact) mass is 607 g/mol. The van der Waals surface area contributed by atoms with Gasteiger partial charge in [0.1, 0.15) is 6.61 Å². The molecule has 236 valence electrons. The van der Waals surface area contributed by atoms with Gasteiger partial charge in [-0.3, -0.25) is 9.59 Å². The number of benzene rings is 2. The van der Waals surface area contributed by atoms with E-state index in [9.17, 15) is 14.4 Å². The van der Waals surface area contributed by atoms with Crippen LogP contribution in [0.4, 0.5) is 0 Å². The fraction of sp³-hybridized carbons (Fsp3) is 0.441. The maximum atomic E-state index is 14.1. The molecule has 1 aliphatic heterocycles. The summed E-state index contributed by atoms with van der Waals surface area (Å²) in [5, 5.41) is 3.37. The topological polar surface area (TPSA) is 119 Å². The van der Waals surface area contributed by atoms with E-state index in [-0.39, 0.29) is 43.2 Å². The Bertz CT molecular complexity index is 1470. The van der Waals surface area contributed by atoms with Crippen molar-refractivity contribution in [2.24, 2.45) is 0 Å². The number of esters is 2. The van der Waals surface area contributed by atoms with Gasteiger partial charge in [-0.1, -0.05) is 12.1 Å². The van der Waals surface area contributed by atoms with Crippen LogP contribution < -0.4 is 24.3 Å². The highest BCUT2D eigenvalue weighted by Gasteiger charge is 2.42. The quantitative estimate of drug-likeness (QED) is 0.192. The Morgan fingerprint density at radius 1 is 0.932 bits per heavy atom. The maximum absolute atomic E-state index is 14.1. The fourth-order valence-electron chi connectivity index (χ4n) is 5.69. The number of nitrogens with one attached hydrogen (secondary N) is 1. The molecule has 4 rings (SSSR count). The van der Waals surface area contributed by atoms with Crippen molar-refractivity contribution < 1.29 is 42.8 Å². The van der Waals surface area contributed by atoms with Crippen LogP contribution in [0.25, 0.3) is 0 Å². The molecule has 1 heterocycles. The van der Waals surface area contributed by atoms with Gasteiger partial charge in [0.2, 0.25) is 0 Å². The molecule has 0 amide bonds. The average molecular weight is 608 g/mol. The van der Waals surface area contributed by atoms with Gasteiger partial charge in [0, 0.05) is 36.2 Å². The van der Waals surface area contributed by atoms with E-state index in [4.69, 9.17) is 28.4 Å². The largest absolute Gasteiger partial charge is 0.493 e. The third-order valence-electron chi connectivity index (χ3n) is 7.55. The molecule has 2 aromatic rings. The Balaban J connectivity index is 1.77. The molecule has 2 aliphatic rings. The summed E-state index contributed by atoms with van der Waals surface area (Å²) < 4.78 is 33.2. The zero-order valence-corrected chi connectivity index (χ0v) is 26.4. The lowest BCUT2D eigenvalue weighted by atomic mass is 9.71. The first-order valence-electron chi connectivity index (χ1n) is 14.8. The molecule has 1 aliphatic carbocycles. The van der Waals surface area contributed by atoms with Crippen molar-refractivity contribution in [1.29, 1.82) is 0 Å². The van der Waals surface area contributed by atoms with Gasteiger partial charge < -0.3 is 33.7 Å². The van der Waals surface area contributed by atoms with Gasteiger partial charge >= 0.3 is 11.9 Å². The molecule has 0 bridgehead atoms. The molecular formula is C34H41NO9. The number of methoxy groups -OCH3 is 2. The number of rotatable bonds is 12. The summed E-state index contributed by atoms with van der Waals surface area (Å²) in [6.45, 7) is 9.39. The second-order valence-corrected chi connectivity index (χ2v) is 10.9. The van der Waals surface area contributed by atoms with Gasteiger partial charge in [-0.2, -0.15) is 0 Å². The number of hydrogen-bond acceptors (Lipinski definition) is 10. The molecule has 1 N–H and O–H groups in total. The summed E-state index contributed by atoms with van der Waals surface area (Å²) in [4.78, 5) is 39.4. The first kappa shape index (κ1) is 32.6. The highest BCUT2D eigenvalue weighted by molar-refractivity contribution is 6.04.